The van der Waals surface area contributed by atoms with Crippen LogP contribution in [0.2, 0.25) is 0 Å². The highest BCUT2D eigenvalue weighted by atomic mass is 16.5. The van der Waals surface area contributed by atoms with Crippen LogP contribution in [0.3, 0.4) is 0 Å². The molecule has 1 N–H and O–H groups in total. The standard InChI is InChI=1S/C16H27NO/c1-11(2)13(5)16(17-6)14-9-7-8-10-15(14)18-12(3)4/h7-13,16-17H,1-6H3. The zero-order chi connectivity index (χ0) is 13.7. The number of benzene rings is 1. The van der Waals surface area contributed by atoms with Gasteiger partial charge in [-0.05, 0) is 38.8 Å². The van der Waals surface area contributed by atoms with E-state index in [0.717, 1.165) is 5.75 Å². The summed E-state index contributed by atoms with van der Waals surface area (Å²) in [5.41, 5.74) is 1.26. The molecule has 0 amide bonds. The van der Waals surface area contributed by atoms with Crippen molar-refractivity contribution in [3.05, 3.63) is 29.8 Å². The number of ether oxygens (including phenoxy) is 1. The van der Waals surface area contributed by atoms with Gasteiger partial charge in [0.05, 0.1) is 6.10 Å². The molecule has 18 heavy (non-hydrogen) atoms. The van der Waals surface area contributed by atoms with Gasteiger partial charge in [-0.15, -0.1) is 0 Å². The molecule has 0 saturated heterocycles. The molecule has 0 radical (unpaired) electrons. The fourth-order valence-corrected chi connectivity index (χ4v) is 2.19. The van der Waals surface area contributed by atoms with Crippen LogP contribution in [0.1, 0.15) is 46.2 Å². The summed E-state index contributed by atoms with van der Waals surface area (Å²) in [5, 5.41) is 3.43. The Morgan fingerprint density at radius 2 is 1.61 bits per heavy atom. The Labute approximate surface area is 112 Å². The number of hydrogen-bond donors (Lipinski definition) is 1. The molecule has 0 aliphatic heterocycles. The first-order valence-corrected chi connectivity index (χ1v) is 6.90. The van der Waals surface area contributed by atoms with E-state index in [-0.39, 0.29) is 6.10 Å². The van der Waals surface area contributed by atoms with Gasteiger partial charge in [0.2, 0.25) is 0 Å². The lowest BCUT2D eigenvalue weighted by molar-refractivity contribution is 0.231. The predicted molar refractivity (Wildman–Crippen MR) is 78.0 cm³/mol. The largest absolute Gasteiger partial charge is 0.491 e. The highest BCUT2D eigenvalue weighted by Crippen LogP contribution is 2.33. The van der Waals surface area contributed by atoms with Crippen molar-refractivity contribution in [3.63, 3.8) is 0 Å². The molecule has 2 unspecified atom stereocenters. The molecule has 0 heterocycles. The van der Waals surface area contributed by atoms with E-state index in [4.69, 9.17) is 4.74 Å². The molecule has 1 aromatic carbocycles. The van der Waals surface area contributed by atoms with E-state index in [0.29, 0.717) is 17.9 Å². The minimum atomic E-state index is 0.206. The third kappa shape index (κ3) is 3.74. The number of hydrogen-bond acceptors (Lipinski definition) is 2. The van der Waals surface area contributed by atoms with E-state index >= 15 is 0 Å². The summed E-state index contributed by atoms with van der Waals surface area (Å²) in [6.45, 7) is 11.0. The Morgan fingerprint density at radius 3 is 2.11 bits per heavy atom. The lowest BCUT2D eigenvalue weighted by atomic mass is 9.86. The molecule has 0 aliphatic carbocycles. The molecule has 0 fully saturated rings. The van der Waals surface area contributed by atoms with Gasteiger partial charge in [-0.3, -0.25) is 0 Å². The maximum Gasteiger partial charge on any atom is 0.124 e. The highest BCUT2D eigenvalue weighted by Gasteiger charge is 2.23. The van der Waals surface area contributed by atoms with Crippen molar-refractivity contribution in [2.75, 3.05) is 7.05 Å². The number of nitrogens with one attached hydrogen (secondary N) is 1. The van der Waals surface area contributed by atoms with Crippen molar-refractivity contribution in [2.24, 2.45) is 11.8 Å². The second-order valence-electron chi connectivity index (χ2n) is 5.57. The summed E-state index contributed by atoms with van der Waals surface area (Å²) in [6, 6.07) is 8.68. The first-order chi connectivity index (χ1) is 8.47. The molecule has 0 spiro atoms. The average molecular weight is 249 g/mol. The van der Waals surface area contributed by atoms with Crippen LogP contribution in [-0.4, -0.2) is 13.2 Å². The summed E-state index contributed by atoms with van der Waals surface area (Å²) in [6.07, 6.45) is 0.206. The second-order valence-corrected chi connectivity index (χ2v) is 5.57. The van der Waals surface area contributed by atoms with Crippen LogP contribution in [0.25, 0.3) is 0 Å². The van der Waals surface area contributed by atoms with E-state index in [1.807, 2.05) is 13.1 Å². The van der Waals surface area contributed by atoms with Gasteiger partial charge in [-0.2, -0.15) is 0 Å². The molecule has 0 aromatic heterocycles. The lowest BCUT2D eigenvalue weighted by Gasteiger charge is -2.29. The van der Waals surface area contributed by atoms with Gasteiger partial charge in [0.1, 0.15) is 5.75 Å². The molecule has 0 aliphatic rings. The van der Waals surface area contributed by atoms with Gasteiger partial charge >= 0.3 is 0 Å². The molecule has 1 rings (SSSR count). The van der Waals surface area contributed by atoms with Crippen molar-refractivity contribution in [3.8, 4) is 5.75 Å². The molecule has 1 aromatic rings. The van der Waals surface area contributed by atoms with E-state index in [1.165, 1.54) is 5.56 Å². The Balaban J connectivity index is 3.05. The lowest BCUT2D eigenvalue weighted by Crippen LogP contribution is -2.27. The molecule has 0 bridgehead atoms. The van der Waals surface area contributed by atoms with Gasteiger partial charge in [0.25, 0.3) is 0 Å². The third-order valence-electron chi connectivity index (χ3n) is 3.51. The summed E-state index contributed by atoms with van der Waals surface area (Å²) in [4.78, 5) is 0. The van der Waals surface area contributed by atoms with Gasteiger partial charge in [-0.25, -0.2) is 0 Å². The van der Waals surface area contributed by atoms with Crippen LogP contribution < -0.4 is 10.1 Å². The Kier molecular flexibility index (Phi) is 5.67. The van der Waals surface area contributed by atoms with Gasteiger partial charge < -0.3 is 10.1 Å². The summed E-state index contributed by atoms with van der Waals surface area (Å²) < 4.78 is 5.92. The number of rotatable bonds is 6. The maximum atomic E-state index is 5.92. The van der Waals surface area contributed by atoms with Gasteiger partial charge in [0, 0.05) is 11.6 Å². The van der Waals surface area contributed by atoms with E-state index < -0.39 is 0 Å². The Hall–Kier alpha value is -1.02. The minimum Gasteiger partial charge on any atom is -0.491 e. The van der Waals surface area contributed by atoms with E-state index in [1.54, 1.807) is 0 Å². The van der Waals surface area contributed by atoms with Crippen LogP contribution >= 0.6 is 0 Å². The molecule has 102 valence electrons. The first kappa shape index (κ1) is 15.0. The fourth-order valence-electron chi connectivity index (χ4n) is 2.19. The summed E-state index contributed by atoms with van der Waals surface area (Å²) in [5.74, 6) is 2.20. The quantitative estimate of drug-likeness (QED) is 0.822. The smallest absolute Gasteiger partial charge is 0.124 e. The first-order valence-electron chi connectivity index (χ1n) is 6.90. The van der Waals surface area contributed by atoms with Crippen LogP contribution in [0.15, 0.2) is 24.3 Å². The topological polar surface area (TPSA) is 21.3 Å². The maximum absolute atomic E-state index is 5.92. The average Bonchev–Trinajstić information content (AvgIpc) is 2.31. The van der Waals surface area contributed by atoms with E-state index in [9.17, 15) is 0 Å². The van der Waals surface area contributed by atoms with E-state index in [2.05, 4.69) is 58.1 Å². The minimum absolute atomic E-state index is 0.206. The molecule has 2 nitrogen and oxygen atoms in total. The van der Waals surface area contributed by atoms with Gasteiger partial charge in [-0.1, -0.05) is 39.0 Å². The normalized spacial score (nSPS) is 14.9. The summed E-state index contributed by atoms with van der Waals surface area (Å²) in [7, 11) is 2.02. The van der Waals surface area contributed by atoms with Crippen LogP contribution in [-0.2, 0) is 0 Å². The Morgan fingerprint density at radius 1 is 1.00 bits per heavy atom. The number of para-hydroxylation sites is 1. The SMILES string of the molecule is CNC(c1ccccc1OC(C)C)C(C)C(C)C. The third-order valence-corrected chi connectivity index (χ3v) is 3.51. The zero-order valence-electron chi connectivity index (χ0n) is 12.5. The van der Waals surface area contributed by atoms with Crippen molar-refractivity contribution in [1.29, 1.82) is 0 Å². The van der Waals surface area contributed by atoms with Crippen molar-refractivity contribution >= 4 is 0 Å². The highest BCUT2D eigenvalue weighted by molar-refractivity contribution is 5.36. The zero-order valence-corrected chi connectivity index (χ0v) is 12.5. The van der Waals surface area contributed by atoms with Crippen LogP contribution in [0, 0.1) is 11.8 Å². The van der Waals surface area contributed by atoms with Crippen molar-refractivity contribution in [1.82, 2.24) is 5.32 Å². The second kappa shape index (κ2) is 6.79. The molecule has 2 atom stereocenters. The molecule has 2 heteroatoms. The predicted octanol–water partition coefficient (Wildman–Crippen LogP) is 4.03. The van der Waals surface area contributed by atoms with Gasteiger partial charge in [0.15, 0.2) is 0 Å². The fraction of sp³-hybridized carbons (Fsp3) is 0.625. The van der Waals surface area contributed by atoms with Crippen molar-refractivity contribution < 1.29 is 4.74 Å². The molecular formula is C16H27NO. The van der Waals surface area contributed by atoms with Crippen molar-refractivity contribution in [2.45, 2.75) is 46.8 Å². The Bertz CT molecular complexity index is 360. The summed E-state index contributed by atoms with van der Waals surface area (Å²) >= 11 is 0. The van der Waals surface area contributed by atoms with Crippen LogP contribution in [0.4, 0.5) is 0 Å². The van der Waals surface area contributed by atoms with Crippen LogP contribution in [0.5, 0.6) is 5.75 Å². The molecular weight excluding hydrogens is 222 g/mol. The monoisotopic (exact) mass is 249 g/mol. The molecule has 0 saturated carbocycles.